The van der Waals surface area contributed by atoms with Crippen molar-refractivity contribution in [1.82, 2.24) is 19.9 Å². The summed E-state index contributed by atoms with van der Waals surface area (Å²) in [7, 11) is 0. The highest BCUT2D eigenvalue weighted by atomic mass is 32.2. The molecule has 3 aromatic rings. The van der Waals surface area contributed by atoms with Crippen LogP contribution in [0.25, 0.3) is 0 Å². The molecule has 2 amide bonds. The predicted molar refractivity (Wildman–Crippen MR) is 161 cm³/mol. The minimum Gasteiger partial charge on any atom is -0.378 e. The molecule has 2 fully saturated rings. The first-order chi connectivity index (χ1) is 19.9. The molecule has 216 valence electrons. The minimum absolute atomic E-state index is 0.110. The molecular weight excluding hydrogens is 536 g/mol. The fourth-order valence-corrected chi connectivity index (χ4v) is 6.52. The highest BCUT2D eigenvalue weighted by molar-refractivity contribution is 7.99. The number of benzene rings is 1. The van der Waals surface area contributed by atoms with E-state index in [1.54, 1.807) is 17.3 Å². The Morgan fingerprint density at radius 1 is 1.02 bits per heavy atom. The molecule has 1 aliphatic heterocycles. The van der Waals surface area contributed by atoms with Gasteiger partial charge in [-0.15, -0.1) is 0 Å². The summed E-state index contributed by atoms with van der Waals surface area (Å²) in [5, 5.41) is 3.74. The van der Waals surface area contributed by atoms with Crippen LogP contribution >= 0.6 is 11.8 Å². The molecule has 0 bridgehead atoms. The first kappa shape index (κ1) is 29.0. The molecule has 0 spiro atoms. The summed E-state index contributed by atoms with van der Waals surface area (Å²) in [6.45, 7) is 7.29. The Hall–Kier alpha value is -3.50. The van der Waals surface area contributed by atoms with Gasteiger partial charge in [0.1, 0.15) is 5.54 Å². The van der Waals surface area contributed by atoms with Crippen LogP contribution in [0.15, 0.2) is 60.0 Å². The molecule has 0 atom stereocenters. The molecule has 9 nitrogen and oxygen atoms in total. The molecule has 1 saturated carbocycles. The van der Waals surface area contributed by atoms with Gasteiger partial charge in [-0.25, -0.2) is 9.97 Å². The lowest BCUT2D eigenvalue weighted by molar-refractivity contribution is -0.146. The predicted octanol–water partition coefficient (Wildman–Crippen LogP) is 4.79. The largest absolute Gasteiger partial charge is 0.378 e. The molecule has 2 aliphatic rings. The van der Waals surface area contributed by atoms with E-state index < -0.39 is 5.54 Å². The Balaban J connectivity index is 1.39. The maximum absolute atomic E-state index is 14.2. The lowest BCUT2D eigenvalue weighted by Gasteiger charge is -2.45. The van der Waals surface area contributed by atoms with Crippen LogP contribution in [-0.4, -0.2) is 69.3 Å². The number of morpholine rings is 1. The number of nitrogens with zero attached hydrogens (tertiary/aromatic N) is 5. The molecular formula is C31H38N6O3S. The molecule has 1 N–H and O–H groups in total. The van der Waals surface area contributed by atoms with E-state index in [0.29, 0.717) is 24.5 Å². The van der Waals surface area contributed by atoms with Gasteiger partial charge in [0.05, 0.1) is 19.0 Å². The third kappa shape index (κ3) is 7.23. The quantitative estimate of drug-likeness (QED) is 0.288. The van der Waals surface area contributed by atoms with E-state index in [1.165, 1.54) is 11.8 Å². The van der Waals surface area contributed by atoms with Gasteiger partial charge in [-0.3, -0.25) is 14.6 Å². The van der Waals surface area contributed by atoms with E-state index in [1.807, 2.05) is 56.3 Å². The standard InChI is InChI=1S/C31H38N6O3S/c1-23-19-24(2)34-30(33-23)41-22-28(38)37(21-25-7-6-14-32-20-25)31(12-4-3-5-13-31)29(39)35-26-8-10-27(11-9-26)36-15-17-40-18-16-36/h6-11,14,19-20H,3-5,12-13,15-18,21-22H2,1-2H3,(H,35,39). The van der Waals surface area contributed by atoms with Crippen molar-refractivity contribution in [2.75, 3.05) is 42.3 Å². The zero-order chi connectivity index (χ0) is 28.7. The first-order valence-corrected chi connectivity index (χ1v) is 15.3. The van der Waals surface area contributed by atoms with Gasteiger partial charge in [0, 0.05) is 54.8 Å². The van der Waals surface area contributed by atoms with E-state index in [0.717, 1.165) is 73.9 Å². The van der Waals surface area contributed by atoms with Crippen LogP contribution in [-0.2, 0) is 20.9 Å². The molecule has 2 aromatic heterocycles. The molecule has 41 heavy (non-hydrogen) atoms. The number of amides is 2. The van der Waals surface area contributed by atoms with Crippen LogP contribution in [0, 0.1) is 13.8 Å². The van der Waals surface area contributed by atoms with Gasteiger partial charge in [0.15, 0.2) is 5.16 Å². The summed E-state index contributed by atoms with van der Waals surface area (Å²) >= 11 is 1.31. The molecule has 5 rings (SSSR count). The summed E-state index contributed by atoms with van der Waals surface area (Å²) in [5.74, 6) is -0.102. The van der Waals surface area contributed by atoms with E-state index in [4.69, 9.17) is 4.74 Å². The lowest BCUT2D eigenvalue weighted by Crippen LogP contribution is -2.60. The summed E-state index contributed by atoms with van der Waals surface area (Å²) in [5.41, 5.74) is 3.49. The van der Waals surface area contributed by atoms with Crippen LogP contribution in [0.1, 0.15) is 49.1 Å². The topological polar surface area (TPSA) is 101 Å². The van der Waals surface area contributed by atoms with Crippen molar-refractivity contribution >= 4 is 35.0 Å². The average molecular weight is 575 g/mol. The Bertz CT molecular complexity index is 1310. The Labute approximate surface area is 246 Å². The number of rotatable bonds is 9. The number of ether oxygens (including phenoxy) is 1. The summed E-state index contributed by atoms with van der Waals surface area (Å²) in [6, 6.07) is 13.7. The number of hydrogen-bond donors (Lipinski definition) is 1. The monoisotopic (exact) mass is 574 g/mol. The molecule has 10 heteroatoms. The van der Waals surface area contributed by atoms with Crippen molar-refractivity contribution in [3.05, 3.63) is 71.8 Å². The van der Waals surface area contributed by atoms with Crippen LogP contribution in [0.3, 0.4) is 0 Å². The van der Waals surface area contributed by atoms with Crippen LogP contribution in [0.4, 0.5) is 11.4 Å². The van der Waals surface area contributed by atoms with Crippen molar-refractivity contribution in [3.63, 3.8) is 0 Å². The Morgan fingerprint density at radius 3 is 2.39 bits per heavy atom. The zero-order valence-electron chi connectivity index (χ0n) is 23.8. The number of aryl methyl sites for hydroxylation is 2. The van der Waals surface area contributed by atoms with Gasteiger partial charge in [-0.2, -0.15) is 0 Å². The van der Waals surface area contributed by atoms with Gasteiger partial charge < -0.3 is 19.9 Å². The molecule has 3 heterocycles. The zero-order valence-corrected chi connectivity index (χ0v) is 24.7. The molecule has 0 radical (unpaired) electrons. The Morgan fingerprint density at radius 2 is 1.73 bits per heavy atom. The van der Waals surface area contributed by atoms with E-state index in [9.17, 15) is 9.59 Å². The number of hydrogen-bond acceptors (Lipinski definition) is 8. The van der Waals surface area contributed by atoms with Gasteiger partial charge in [-0.1, -0.05) is 37.1 Å². The number of pyridine rings is 1. The number of aromatic nitrogens is 3. The van der Waals surface area contributed by atoms with Crippen LogP contribution in [0.2, 0.25) is 0 Å². The fourth-order valence-electron chi connectivity index (χ4n) is 5.70. The summed E-state index contributed by atoms with van der Waals surface area (Å²) in [4.78, 5) is 45.5. The lowest BCUT2D eigenvalue weighted by atomic mass is 9.79. The highest BCUT2D eigenvalue weighted by Gasteiger charge is 2.47. The Kier molecular flexibility index (Phi) is 9.51. The normalized spacial score (nSPS) is 16.7. The second-order valence-electron chi connectivity index (χ2n) is 10.8. The van der Waals surface area contributed by atoms with Crippen LogP contribution in [0.5, 0.6) is 0 Å². The van der Waals surface area contributed by atoms with Gasteiger partial charge in [0.25, 0.3) is 0 Å². The second-order valence-corrected chi connectivity index (χ2v) is 11.7. The number of carbonyl (C=O) groups excluding carboxylic acids is 2. The van der Waals surface area contributed by atoms with Crippen molar-refractivity contribution in [2.45, 2.75) is 63.2 Å². The molecule has 0 unspecified atom stereocenters. The average Bonchev–Trinajstić information content (AvgIpc) is 3.00. The third-order valence-electron chi connectivity index (χ3n) is 7.77. The van der Waals surface area contributed by atoms with Crippen molar-refractivity contribution in [1.29, 1.82) is 0 Å². The fraction of sp³-hybridized carbons (Fsp3) is 0.452. The molecule has 1 saturated heterocycles. The smallest absolute Gasteiger partial charge is 0.250 e. The van der Waals surface area contributed by atoms with Gasteiger partial charge in [0.2, 0.25) is 11.8 Å². The van der Waals surface area contributed by atoms with Gasteiger partial charge >= 0.3 is 0 Å². The van der Waals surface area contributed by atoms with Gasteiger partial charge in [-0.05, 0) is 68.7 Å². The summed E-state index contributed by atoms with van der Waals surface area (Å²) < 4.78 is 5.47. The highest BCUT2D eigenvalue weighted by Crippen LogP contribution is 2.37. The number of nitrogens with one attached hydrogen (secondary N) is 1. The van der Waals surface area contributed by atoms with Crippen LogP contribution < -0.4 is 10.2 Å². The molecule has 1 aliphatic carbocycles. The SMILES string of the molecule is Cc1cc(C)nc(SCC(=O)N(Cc2cccnc2)C2(C(=O)Nc3ccc(N4CCOCC4)cc3)CCCCC2)n1. The number of thioether (sulfide) groups is 1. The number of anilines is 2. The van der Waals surface area contributed by atoms with Crippen molar-refractivity contribution in [3.8, 4) is 0 Å². The van der Waals surface area contributed by atoms with E-state index in [2.05, 4.69) is 25.2 Å². The molecule has 1 aromatic carbocycles. The van der Waals surface area contributed by atoms with Crippen molar-refractivity contribution in [2.24, 2.45) is 0 Å². The third-order valence-corrected chi connectivity index (χ3v) is 8.60. The number of carbonyl (C=O) groups is 2. The minimum atomic E-state index is -0.960. The maximum Gasteiger partial charge on any atom is 0.250 e. The van der Waals surface area contributed by atoms with Crippen molar-refractivity contribution < 1.29 is 14.3 Å². The van der Waals surface area contributed by atoms with E-state index >= 15 is 0 Å². The second kappa shape index (κ2) is 13.4. The summed E-state index contributed by atoms with van der Waals surface area (Å²) in [6.07, 6.45) is 7.51. The maximum atomic E-state index is 14.2. The first-order valence-electron chi connectivity index (χ1n) is 14.3. The van der Waals surface area contributed by atoms with E-state index in [-0.39, 0.29) is 17.6 Å².